The van der Waals surface area contributed by atoms with Crippen LogP contribution in [0.1, 0.15) is 17.0 Å². The molecule has 92 valence electrons. The number of amides is 1. The summed E-state index contributed by atoms with van der Waals surface area (Å²) < 4.78 is 5.47. The number of rotatable bonds is 2. The van der Waals surface area contributed by atoms with E-state index in [1.807, 2.05) is 0 Å². The summed E-state index contributed by atoms with van der Waals surface area (Å²) in [6.07, 6.45) is -0.762. The minimum atomic E-state index is -1.12. The summed E-state index contributed by atoms with van der Waals surface area (Å²) in [6.45, 7) is 0.00805. The highest BCUT2D eigenvalue weighted by atomic mass is 79.9. The number of carboxylic acid groups (broad SMARTS) is 1. The lowest BCUT2D eigenvalue weighted by atomic mass is 10.2. The monoisotopic (exact) mass is 303 g/mol. The highest BCUT2D eigenvalue weighted by Crippen LogP contribution is 2.23. The van der Waals surface area contributed by atoms with E-state index in [4.69, 9.17) is 9.52 Å². The summed E-state index contributed by atoms with van der Waals surface area (Å²) >= 11 is 3.06. The van der Waals surface area contributed by atoms with E-state index >= 15 is 0 Å². The van der Waals surface area contributed by atoms with Crippen LogP contribution in [0.15, 0.2) is 21.2 Å². The number of aliphatic hydroxyl groups excluding tert-OH is 1. The zero-order valence-electron chi connectivity index (χ0n) is 8.67. The molecule has 2 heterocycles. The zero-order valence-corrected chi connectivity index (χ0v) is 10.3. The van der Waals surface area contributed by atoms with Crippen LogP contribution < -0.4 is 0 Å². The number of carbonyl (C=O) groups is 2. The zero-order chi connectivity index (χ0) is 12.6. The maximum absolute atomic E-state index is 12.0. The molecule has 17 heavy (non-hydrogen) atoms. The molecule has 1 aromatic heterocycles. The number of hydrogen-bond donors (Lipinski definition) is 2. The molecule has 0 aromatic carbocycles. The molecule has 6 nitrogen and oxygen atoms in total. The van der Waals surface area contributed by atoms with Crippen molar-refractivity contribution in [2.24, 2.45) is 0 Å². The van der Waals surface area contributed by atoms with Crippen LogP contribution in [0.3, 0.4) is 0 Å². The third kappa shape index (κ3) is 2.34. The summed E-state index contributed by atoms with van der Waals surface area (Å²) in [7, 11) is 0. The van der Waals surface area contributed by atoms with Gasteiger partial charge in [-0.3, -0.25) is 4.79 Å². The maximum atomic E-state index is 12.0. The first-order valence-electron chi connectivity index (χ1n) is 4.96. The standard InChI is InChI=1S/C10H10BrNO5/c11-8-2-1-7(17-8)9(14)12-4-5(13)3-6(12)10(15)16/h1-2,5-6,13H,3-4H2,(H,15,16)/t5-,6+/m1/s1. The number of carboxylic acids is 1. The summed E-state index contributed by atoms with van der Waals surface area (Å²) in [5, 5.41) is 18.4. The number of aliphatic hydroxyl groups is 1. The van der Waals surface area contributed by atoms with Gasteiger partial charge in [0.15, 0.2) is 10.4 Å². The number of β-amino-alcohol motifs (C(OH)–C–C–N with tert-alkyl or cyclic N) is 1. The molecule has 2 atom stereocenters. The second-order valence-electron chi connectivity index (χ2n) is 3.80. The highest BCUT2D eigenvalue weighted by molar-refractivity contribution is 9.10. The van der Waals surface area contributed by atoms with Crippen molar-refractivity contribution in [3.63, 3.8) is 0 Å². The molecule has 2 N–H and O–H groups in total. The largest absolute Gasteiger partial charge is 0.480 e. The number of aliphatic carboxylic acids is 1. The minimum Gasteiger partial charge on any atom is -0.480 e. The van der Waals surface area contributed by atoms with E-state index in [0.717, 1.165) is 4.90 Å². The number of halogens is 1. The quantitative estimate of drug-likeness (QED) is 0.839. The normalized spacial score (nSPS) is 24.0. The van der Waals surface area contributed by atoms with Crippen molar-refractivity contribution in [2.75, 3.05) is 6.54 Å². The summed E-state index contributed by atoms with van der Waals surface area (Å²) in [5.74, 6) is -1.60. The van der Waals surface area contributed by atoms with E-state index < -0.39 is 24.0 Å². The molecule has 1 saturated heterocycles. The van der Waals surface area contributed by atoms with Crippen molar-refractivity contribution >= 4 is 27.8 Å². The van der Waals surface area contributed by atoms with Gasteiger partial charge in [-0.15, -0.1) is 0 Å². The first kappa shape index (κ1) is 12.1. The molecule has 1 aliphatic rings. The molecule has 1 fully saturated rings. The smallest absolute Gasteiger partial charge is 0.326 e. The second-order valence-corrected chi connectivity index (χ2v) is 4.59. The van der Waals surface area contributed by atoms with Gasteiger partial charge in [-0.1, -0.05) is 0 Å². The Morgan fingerprint density at radius 3 is 2.71 bits per heavy atom. The molecule has 0 unspecified atom stereocenters. The number of furan rings is 1. The number of hydrogen-bond acceptors (Lipinski definition) is 4. The average molecular weight is 304 g/mol. The number of likely N-dealkylation sites (tertiary alicyclic amines) is 1. The van der Waals surface area contributed by atoms with Gasteiger partial charge in [0.1, 0.15) is 6.04 Å². The Balaban J connectivity index is 2.21. The summed E-state index contributed by atoms with van der Waals surface area (Å²) in [5.41, 5.74) is 0. The van der Waals surface area contributed by atoms with Crippen LogP contribution in [0.4, 0.5) is 0 Å². The molecule has 1 amide bonds. The van der Waals surface area contributed by atoms with Gasteiger partial charge in [0.25, 0.3) is 5.91 Å². The third-order valence-electron chi connectivity index (χ3n) is 2.61. The molecule has 1 aliphatic heterocycles. The molecule has 0 saturated carbocycles. The van der Waals surface area contributed by atoms with E-state index in [9.17, 15) is 14.7 Å². The fourth-order valence-electron chi connectivity index (χ4n) is 1.84. The van der Waals surface area contributed by atoms with Crippen molar-refractivity contribution in [2.45, 2.75) is 18.6 Å². The first-order chi connectivity index (χ1) is 7.99. The predicted octanol–water partition coefficient (Wildman–Crippen LogP) is 0.702. The lowest BCUT2D eigenvalue weighted by Crippen LogP contribution is -2.40. The van der Waals surface area contributed by atoms with E-state index in [-0.39, 0.29) is 18.7 Å². The van der Waals surface area contributed by atoms with Crippen LogP contribution in [-0.2, 0) is 4.79 Å². The van der Waals surface area contributed by atoms with E-state index in [1.54, 1.807) is 6.07 Å². The highest BCUT2D eigenvalue weighted by Gasteiger charge is 2.40. The van der Waals surface area contributed by atoms with Crippen molar-refractivity contribution in [3.05, 3.63) is 22.6 Å². The van der Waals surface area contributed by atoms with E-state index in [2.05, 4.69) is 15.9 Å². The molecule has 1 aromatic rings. The molecular weight excluding hydrogens is 294 g/mol. The van der Waals surface area contributed by atoms with Crippen LogP contribution in [0, 0.1) is 0 Å². The van der Waals surface area contributed by atoms with Gasteiger partial charge in [-0.2, -0.15) is 0 Å². The Labute approximate surface area is 105 Å². The number of carbonyl (C=O) groups excluding carboxylic acids is 1. The van der Waals surface area contributed by atoms with Gasteiger partial charge in [0, 0.05) is 13.0 Å². The van der Waals surface area contributed by atoms with Gasteiger partial charge in [0.05, 0.1) is 6.10 Å². The van der Waals surface area contributed by atoms with E-state index in [0.29, 0.717) is 4.67 Å². The molecule has 0 bridgehead atoms. The first-order valence-corrected chi connectivity index (χ1v) is 5.75. The van der Waals surface area contributed by atoms with E-state index in [1.165, 1.54) is 6.07 Å². The summed E-state index contributed by atoms with van der Waals surface area (Å²) in [6, 6.07) is 2.01. The van der Waals surface area contributed by atoms with Crippen molar-refractivity contribution in [1.82, 2.24) is 4.90 Å². The van der Waals surface area contributed by atoms with Crippen LogP contribution in [-0.4, -0.2) is 45.7 Å². The maximum Gasteiger partial charge on any atom is 0.326 e. The molecular formula is C10H10BrNO5. The van der Waals surface area contributed by atoms with Gasteiger partial charge in [-0.05, 0) is 28.1 Å². The average Bonchev–Trinajstić information content (AvgIpc) is 2.83. The van der Waals surface area contributed by atoms with Gasteiger partial charge >= 0.3 is 5.97 Å². The Morgan fingerprint density at radius 2 is 2.18 bits per heavy atom. The fourth-order valence-corrected chi connectivity index (χ4v) is 2.15. The minimum absolute atomic E-state index is 0.00805. The number of nitrogens with zero attached hydrogens (tertiary/aromatic N) is 1. The third-order valence-corrected chi connectivity index (χ3v) is 3.04. The van der Waals surface area contributed by atoms with Gasteiger partial charge in [-0.25, -0.2) is 4.79 Å². The second kappa shape index (κ2) is 4.50. The Bertz CT molecular complexity index is 457. The van der Waals surface area contributed by atoms with Crippen LogP contribution >= 0.6 is 15.9 Å². The Morgan fingerprint density at radius 1 is 1.47 bits per heavy atom. The van der Waals surface area contributed by atoms with Crippen molar-refractivity contribution in [1.29, 1.82) is 0 Å². The topological polar surface area (TPSA) is 91.0 Å². The Hall–Kier alpha value is -1.34. The van der Waals surface area contributed by atoms with Crippen LogP contribution in [0.5, 0.6) is 0 Å². The predicted molar refractivity (Wildman–Crippen MR) is 59.5 cm³/mol. The van der Waals surface area contributed by atoms with Crippen molar-refractivity contribution in [3.8, 4) is 0 Å². The van der Waals surface area contributed by atoms with Crippen LogP contribution in [0.2, 0.25) is 0 Å². The molecule has 7 heteroatoms. The molecule has 0 spiro atoms. The van der Waals surface area contributed by atoms with Crippen LogP contribution in [0.25, 0.3) is 0 Å². The lowest BCUT2D eigenvalue weighted by Gasteiger charge is -2.19. The lowest BCUT2D eigenvalue weighted by molar-refractivity contribution is -0.141. The molecule has 2 rings (SSSR count). The Kier molecular flexibility index (Phi) is 3.21. The van der Waals surface area contributed by atoms with Gasteiger partial charge < -0.3 is 19.5 Å². The fraction of sp³-hybridized carbons (Fsp3) is 0.400. The van der Waals surface area contributed by atoms with Gasteiger partial charge in [0.2, 0.25) is 0 Å². The molecule has 0 radical (unpaired) electrons. The molecule has 0 aliphatic carbocycles. The SMILES string of the molecule is O=C(O)[C@@H]1C[C@@H](O)CN1C(=O)c1ccc(Br)o1. The van der Waals surface area contributed by atoms with Crippen molar-refractivity contribution < 1.29 is 24.2 Å². The summed E-state index contributed by atoms with van der Waals surface area (Å²) in [4.78, 5) is 24.0.